The lowest BCUT2D eigenvalue weighted by atomic mass is 10.1. The highest BCUT2D eigenvalue weighted by Crippen LogP contribution is 2.20. The first-order valence-electron chi connectivity index (χ1n) is 7.44. The Kier molecular flexibility index (Phi) is 5.74. The normalized spacial score (nSPS) is 10.1. The summed E-state index contributed by atoms with van der Waals surface area (Å²) in [4.78, 5) is 22.9. The number of nitrogens with one attached hydrogen (secondary N) is 1. The molecule has 2 aromatic carbocycles. The quantitative estimate of drug-likeness (QED) is 0.822. The van der Waals surface area contributed by atoms with Crippen molar-refractivity contribution in [3.8, 4) is 5.75 Å². The predicted octanol–water partition coefficient (Wildman–Crippen LogP) is 3.35. The van der Waals surface area contributed by atoms with Crippen molar-refractivity contribution in [2.45, 2.75) is 19.8 Å². The topological polar surface area (TPSA) is 75.6 Å². The Morgan fingerprint density at radius 3 is 2.43 bits per heavy atom. The van der Waals surface area contributed by atoms with E-state index in [1.165, 1.54) is 0 Å². The second-order valence-electron chi connectivity index (χ2n) is 4.97. The van der Waals surface area contributed by atoms with Crippen molar-refractivity contribution >= 4 is 17.6 Å². The van der Waals surface area contributed by atoms with Crippen LogP contribution in [-0.2, 0) is 11.2 Å². The maximum absolute atomic E-state index is 12.3. The third-order valence-electron chi connectivity index (χ3n) is 3.27. The average Bonchev–Trinajstić information content (AvgIpc) is 2.55. The van der Waals surface area contributed by atoms with Crippen molar-refractivity contribution in [2.24, 2.45) is 0 Å². The highest BCUT2D eigenvalue weighted by molar-refractivity contribution is 6.06. The molecule has 0 aromatic heterocycles. The van der Waals surface area contributed by atoms with Crippen LogP contribution in [0.4, 0.5) is 5.69 Å². The highest BCUT2D eigenvalue weighted by Gasteiger charge is 2.12. The number of aryl methyl sites for hydroxylation is 1. The molecule has 0 saturated carbocycles. The lowest BCUT2D eigenvalue weighted by molar-refractivity contribution is -0.136. The fraction of sp³-hybridized carbons (Fsp3) is 0.222. The molecule has 0 aliphatic carbocycles. The molecule has 0 aliphatic rings. The number of ether oxygens (including phenoxy) is 1. The van der Waals surface area contributed by atoms with Crippen LogP contribution in [0.15, 0.2) is 48.5 Å². The number of carboxylic acid groups (broad SMARTS) is 1. The summed E-state index contributed by atoms with van der Waals surface area (Å²) in [6, 6.07) is 14.2. The molecule has 2 N–H and O–H groups in total. The van der Waals surface area contributed by atoms with E-state index in [0.717, 1.165) is 5.56 Å². The first-order chi connectivity index (χ1) is 11.1. The maximum atomic E-state index is 12.3. The van der Waals surface area contributed by atoms with Crippen LogP contribution < -0.4 is 10.1 Å². The molecule has 0 fully saturated rings. The second kappa shape index (κ2) is 7.98. The van der Waals surface area contributed by atoms with Crippen molar-refractivity contribution in [1.82, 2.24) is 0 Å². The number of aliphatic carboxylic acids is 1. The second-order valence-corrected chi connectivity index (χ2v) is 4.97. The lowest BCUT2D eigenvalue weighted by Crippen LogP contribution is -2.13. The number of anilines is 1. The smallest absolute Gasteiger partial charge is 0.303 e. The molecular formula is C18H19NO4. The SMILES string of the molecule is CCOc1ccccc1C(=O)Nc1ccc(CCC(=O)O)cc1. The number of carboxylic acids is 1. The van der Waals surface area contributed by atoms with Crippen molar-refractivity contribution < 1.29 is 19.4 Å². The monoisotopic (exact) mass is 313 g/mol. The molecule has 5 heteroatoms. The molecule has 2 aromatic rings. The molecule has 0 radical (unpaired) electrons. The Morgan fingerprint density at radius 1 is 1.09 bits per heavy atom. The molecule has 0 atom stereocenters. The summed E-state index contributed by atoms with van der Waals surface area (Å²) in [5.74, 6) is -0.521. The van der Waals surface area contributed by atoms with Crippen LogP contribution in [0.3, 0.4) is 0 Å². The van der Waals surface area contributed by atoms with Crippen molar-refractivity contribution in [3.63, 3.8) is 0 Å². The van der Waals surface area contributed by atoms with Crippen molar-refractivity contribution in [3.05, 3.63) is 59.7 Å². The van der Waals surface area contributed by atoms with Gasteiger partial charge in [0.15, 0.2) is 0 Å². The largest absolute Gasteiger partial charge is 0.493 e. The molecule has 2 rings (SSSR count). The van der Waals surface area contributed by atoms with Crippen molar-refractivity contribution in [2.75, 3.05) is 11.9 Å². The van der Waals surface area contributed by atoms with Crippen LogP contribution in [0.5, 0.6) is 5.75 Å². The van der Waals surface area contributed by atoms with Gasteiger partial charge in [-0.05, 0) is 43.2 Å². The molecule has 0 unspecified atom stereocenters. The summed E-state index contributed by atoms with van der Waals surface area (Å²) >= 11 is 0. The molecule has 0 spiro atoms. The van der Waals surface area contributed by atoms with E-state index in [1.807, 2.05) is 25.1 Å². The minimum absolute atomic E-state index is 0.0907. The van der Waals surface area contributed by atoms with Gasteiger partial charge in [0.25, 0.3) is 5.91 Å². The summed E-state index contributed by atoms with van der Waals surface area (Å²) in [5.41, 5.74) is 2.05. The van der Waals surface area contributed by atoms with E-state index in [4.69, 9.17) is 9.84 Å². The average molecular weight is 313 g/mol. The van der Waals surface area contributed by atoms with E-state index in [0.29, 0.717) is 30.0 Å². The van der Waals surface area contributed by atoms with Gasteiger partial charge in [-0.1, -0.05) is 24.3 Å². The minimum Gasteiger partial charge on any atom is -0.493 e. The van der Waals surface area contributed by atoms with E-state index >= 15 is 0 Å². The van der Waals surface area contributed by atoms with Crippen LogP contribution in [0, 0.1) is 0 Å². The van der Waals surface area contributed by atoms with Crippen LogP contribution in [-0.4, -0.2) is 23.6 Å². The number of rotatable bonds is 7. The molecule has 0 heterocycles. The first-order valence-corrected chi connectivity index (χ1v) is 7.44. The molecule has 0 aliphatic heterocycles. The van der Waals surface area contributed by atoms with Crippen LogP contribution in [0.1, 0.15) is 29.3 Å². The van der Waals surface area contributed by atoms with Crippen LogP contribution >= 0.6 is 0 Å². The molecule has 0 saturated heterocycles. The summed E-state index contributed by atoms with van der Waals surface area (Å²) in [6.45, 7) is 2.35. The van der Waals surface area contributed by atoms with E-state index in [2.05, 4.69) is 5.32 Å². The highest BCUT2D eigenvalue weighted by atomic mass is 16.5. The van der Waals surface area contributed by atoms with E-state index in [9.17, 15) is 9.59 Å². The Balaban J connectivity index is 2.04. The lowest BCUT2D eigenvalue weighted by Gasteiger charge is -2.10. The molecule has 5 nitrogen and oxygen atoms in total. The number of carbonyl (C=O) groups is 2. The van der Waals surface area contributed by atoms with Gasteiger partial charge in [0, 0.05) is 12.1 Å². The summed E-state index contributed by atoms with van der Waals surface area (Å²) in [6.07, 6.45) is 0.560. The Labute approximate surface area is 134 Å². The third-order valence-corrected chi connectivity index (χ3v) is 3.27. The molecule has 23 heavy (non-hydrogen) atoms. The van der Waals surface area contributed by atoms with E-state index in [-0.39, 0.29) is 12.3 Å². The van der Waals surface area contributed by atoms with Gasteiger partial charge in [0.05, 0.1) is 12.2 Å². The van der Waals surface area contributed by atoms with Crippen LogP contribution in [0.2, 0.25) is 0 Å². The predicted molar refractivity (Wildman–Crippen MR) is 88.0 cm³/mol. The molecule has 120 valence electrons. The number of amides is 1. The Hall–Kier alpha value is -2.82. The Bertz CT molecular complexity index is 680. The number of benzene rings is 2. The van der Waals surface area contributed by atoms with Gasteiger partial charge in [-0.25, -0.2) is 0 Å². The number of para-hydroxylation sites is 1. The summed E-state index contributed by atoms with van der Waals surface area (Å²) in [5, 5.41) is 11.5. The van der Waals surface area contributed by atoms with Gasteiger partial charge >= 0.3 is 5.97 Å². The number of hydrogen-bond acceptors (Lipinski definition) is 3. The molecule has 0 bridgehead atoms. The van der Waals surface area contributed by atoms with Crippen LogP contribution in [0.25, 0.3) is 0 Å². The molecular weight excluding hydrogens is 294 g/mol. The van der Waals surface area contributed by atoms with Gasteiger partial charge < -0.3 is 15.2 Å². The Morgan fingerprint density at radius 2 is 1.78 bits per heavy atom. The van der Waals surface area contributed by atoms with Gasteiger partial charge in [0.1, 0.15) is 5.75 Å². The zero-order valence-corrected chi connectivity index (χ0v) is 12.9. The molecule has 1 amide bonds. The zero-order chi connectivity index (χ0) is 16.7. The van der Waals surface area contributed by atoms with E-state index < -0.39 is 5.97 Å². The van der Waals surface area contributed by atoms with E-state index in [1.54, 1.807) is 30.3 Å². The fourth-order valence-electron chi connectivity index (χ4n) is 2.14. The van der Waals surface area contributed by atoms with Gasteiger partial charge in [0.2, 0.25) is 0 Å². The first kappa shape index (κ1) is 16.5. The third kappa shape index (κ3) is 4.85. The fourth-order valence-corrected chi connectivity index (χ4v) is 2.14. The maximum Gasteiger partial charge on any atom is 0.303 e. The number of carbonyl (C=O) groups excluding carboxylic acids is 1. The minimum atomic E-state index is -0.824. The summed E-state index contributed by atoms with van der Waals surface area (Å²) < 4.78 is 5.45. The summed E-state index contributed by atoms with van der Waals surface area (Å²) in [7, 11) is 0. The van der Waals surface area contributed by atoms with Gasteiger partial charge in [-0.2, -0.15) is 0 Å². The van der Waals surface area contributed by atoms with Crippen molar-refractivity contribution in [1.29, 1.82) is 0 Å². The van der Waals surface area contributed by atoms with Gasteiger partial charge in [-0.15, -0.1) is 0 Å². The number of hydrogen-bond donors (Lipinski definition) is 2. The van der Waals surface area contributed by atoms with Gasteiger partial charge in [-0.3, -0.25) is 9.59 Å². The zero-order valence-electron chi connectivity index (χ0n) is 12.9. The standard InChI is InChI=1S/C18H19NO4/c1-2-23-16-6-4-3-5-15(16)18(22)19-14-10-7-13(8-11-14)9-12-17(20)21/h3-8,10-11H,2,9,12H2,1H3,(H,19,22)(H,20,21).